The third-order valence-corrected chi connectivity index (χ3v) is 9.08. The summed E-state index contributed by atoms with van der Waals surface area (Å²) in [7, 11) is -8.00. The lowest BCUT2D eigenvalue weighted by atomic mass is 10.0. The van der Waals surface area contributed by atoms with Gasteiger partial charge in [-0.1, -0.05) is 36.4 Å². The second-order valence-electron chi connectivity index (χ2n) is 8.36. The highest BCUT2D eigenvalue weighted by molar-refractivity contribution is 7.89. The maximum absolute atomic E-state index is 14.1. The van der Waals surface area contributed by atoms with Crippen molar-refractivity contribution < 1.29 is 30.2 Å². The first-order valence-corrected chi connectivity index (χ1v) is 13.9. The third kappa shape index (κ3) is 4.19. The van der Waals surface area contributed by atoms with E-state index in [0.717, 1.165) is 42.8 Å². The van der Waals surface area contributed by atoms with Crippen LogP contribution in [0, 0.1) is 17.1 Å². The molecule has 0 saturated carbocycles. The van der Waals surface area contributed by atoms with E-state index < -0.39 is 48.1 Å². The quantitative estimate of drug-likeness (QED) is 0.267. The van der Waals surface area contributed by atoms with E-state index in [2.05, 4.69) is 0 Å². The van der Waals surface area contributed by atoms with E-state index in [1.54, 1.807) is 24.3 Å². The van der Waals surface area contributed by atoms with Crippen LogP contribution in [0.4, 0.5) is 4.39 Å². The fourth-order valence-electron chi connectivity index (χ4n) is 4.09. The van der Waals surface area contributed by atoms with Crippen LogP contribution in [-0.4, -0.2) is 34.0 Å². The summed E-state index contributed by atoms with van der Waals surface area (Å²) in [5, 5.41) is 10.5. The van der Waals surface area contributed by atoms with Gasteiger partial charge in [0.15, 0.2) is 5.76 Å². The molecule has 0 saturated heterocycles. The molecule has 0 aromatic heterocycles. The van der Waals surface area contributed by atoms with Crippen molar-refractivity contribution in [3.63, 3.8) is 0 Å². The Kier molecular flexibility index (Phi) is 6.01. The fraction of sp³-hybridized carbons (Fsp3) is 0.0370. The molecule has 4 aromatic rings. The molecule has 190 valence electrons. The van der Waals surface area contributed by atoms with Gasteiger partial charge in [-0.2, -0.15) is 13.7 Å². The summed E-state index contributed by atoms with van der Waals surface area (Å²) in [5.74, 6) is -2.26. The Labute approximate surface area is 218 Å². The molecule has 0 fully saturated rings. The average Bonchev–Trinajstić information content (AvgIpc) is 2.91. The fourth-order valence-corrected chi connectivity index (χ4v) is 6.44. The number of ketones is 1. The molecular formula is C27H17FN2O6S2. The standard InChI is InChI=1S/C27H17FN2O6S2/c1-30-25(26(31)20-9-8-18-4-2-3-5-19(18)14-20)27(23-13-10-21(28)15-24(23)37(30,32)33)36-38(34,35)22-11-6-17(16-29)7-12-22/h2-15H,1H3. The van der Waals surface area contributed by atoms with Gasteiger partial charge in [0.2, 0.25) is 5.78 Å². The van der Waals surface area contributed by atoms with Crippen LogP contribution in [0.3, 0.4) is 0 Å². The molecule has 1 aliphatic heterocycles. The van der Waals surface area contributed by atoms with Gasteiger partial charge in [0.1, 0.15) is 21.3 Å². The number of carbonyl (C=O) groups is 1. The molecule has 0 bridgehead atoms. The monoisotopic (exact) mass is 548 g/mol. The molecule has 0 N–H and O–H groups in total. The second kappa shape index (κ2) is 9.09. The number of hydrogen-bond acceptors (Lipinski definition) is 7. The number of allylic oxidation sites excluding steroid dienone is 1. The van der Waals surface area contributed by atoms with Crippen LogP contribution in [0.15, 0.2) is 100 Å². The van der Waals surface area contributed by atoms with E-state index in [0.29, 0.717) is 9.69 Å². The van der Waals surface area contributed by atoms with Crippen molar-refractivity contribution in [1.29, 1.82) is 5.26 Å². The van der Waals surface area contributed by atoms with Crippen LogP contribution in [0.2, 0.25) is 0 Å². The Morgan fingerprint density at radius 2 is 1.63 bits per heavy atom. The van der Waals surface area contributed by atoms with Gasteiger partial charge in [0.05, 0.1) is 11.6 Å². The predicted octanol–water partition coefficient (Wildman–Crippen LogP) is 4.44. The van der Waals surface area contributed by atoms with E-state index in [1.807, 2.05) is 18.2 Å². The van der Waals surface area contributed by atoms with Crippen molar-refractivity contribution in [2.75, 3.05) is 7.05 Å². The predicted molar refractivity (Wildman–Crippen MR) is 136 cm³/mol. The first-order valence-electron chi connectivity index (χ1n) is 11.0. The lowest BCUT2D eigenvalue weighted by molar-refractivity contribution is 0.101. The van der Waals surface area contributed by atoms with Crippen LogP contribution in [0.1, 0.15) is 21.5 Å². The number of sulfonamides is 1. The minimum absolute atomic E-state index is 0.0863. The van der Waals surface area contributed by atoms with Gasteiger partial charge in [-0.15, -0.1) is 0 Å². The number of hydrogen-bond donors (Lipinski definition) is 0. The molecule has 0 aliphatic carbocycles. The van der Waals surface area contributed by atoms with Crippen molar-refractivity contribution in [3.05, 3.63) is 113 Å². The van der Waals surface area contributed by atoms with E-state index in [1.165, 1.54) is 18.2 Å². The van der Waals surface area contributed by atoms with Gasteiger partial charge in [-0.3, -0.25) is 9.10 Å². The Morgan fingerprint density at radius 1 is 0.947 bits per heavy atom. The minimum Gasteiger partial charge on any atom is -0.376 e. The number of carbonyl (C=O) groups excluding carboxylic acids is 1. The number of benzene rings is 4. The second-order valence-corrected chi connectivity index (χ2v) is 11.8. The normalized spacial score (nSPS) is 14.6. The lowest BCUT2D eigenvalue weighted by Gasteiger charge is -2.30. The summed E-state index contributed by atoms with van der Waals surface area (Å²) >= 11 is 0. The van der Waals surface area contributed by atoms with Gasteiger partial charge >= 0.3 is 10.1 Å². The zero-order chi connectivity index (χ0) is 27.2. The van der Waals surface area contributed by atoms with Crippen LogP contribution in [0.5, 0.6) is 0 Å². The van der Waals surface area contributed by atoms with E-state index in [9.17, 15) is 26.0 Å². The molecule has 0 atom stereocenters. The van der Waals surface area contributed by atoms with Crippen molar-refractivity contribution in [3.8, 4) is 6.07 Å². The van der Waals surface area contributed by atoms with Crippen LogP contribution >= 0.6 is 0 Å². The summed E-state index contributed by atoms with van der Waals surface area (Å²) in [5.41, 5.74) is -0.551. The van der Waals surface area contributed by atoms with Crippen LogP contribution in [-0.2, 0) is 24.3 Å². The Hall–Kier alpha value is -4.53. The first-order chi connectivity index (χ1) is 18.0. The molecule has 0 spiro atoms. The number of likely N-dealkylation sites (N-methyl/N-ethyl adjacent to an activating group) is 1. The van der Waals surface area contributed by atoms with E-state index in [-0.39, 0.29) is 21.6 Å². The zero-order valence-electron chi connectivity index (χ0n) is 19.6. The van der Waals surface area contributed by atoms with Crippen molar-refractivity contribution in [1.82, 2.24) is 4.31 Å². The van der Waals surface area contributed by atoms with E-state index >= 15 is 0 Å². The highest BCUT2D eigenvalue weighted by Gasteiger charge is 2.41. The number of nitriles is 1. The number of Topliss-reactive ketones (excluding diaryl/α,β-unsaturated/α-hetero) is 1. The molecule has 0 amide bonds. The molecule has 1 aliphatic rings. The molecular weight excluding hydrogens is 531 g/mol. The molecule has 4 aromatic carbocycles. The third-order valence-electron chi connectivity index (χ3n) is 6.05. The Balaban J connectivity index is 1.74. The van der Waals surface area contributed by atoms with Gasteiger partial charge in [0.25, 0.3) is 10.0 Å². The molecule has 1 heterocycles. The van der Waals surface area contributed by atoms with Crippen LogP contribution in [0.25, 0.3) is 16.5 Å². The number of rotatable bonds is 5. The van der Waals surface area contributed by atoms with Crippen molar-refractivity contribution >= 4 is 42.5 Å². The maximum atomic E-state index is 14.1. The summed E-state index contributed by atoms with van der Waals surface area (Å²) in [6.07, 6.45) is 0. The summed E-state index contributed by atoms with van der Waals surface area (Å²) in [6.45, 7) is 0. The van der Waals surface area contributed by atoms with Gasteiger partial charge in [-0.05, 0) is 59.3 Å². The molecule has 5 rings (SSSR count). The van der Waals surface area contributed by atoms with Crippen molar-refractivity contribution in [2.45, 2.75) is 9.79 Å². The maximum Gasteiger partial charge on any atom is 0.339 e. The molecule has 0 radical (unpaired) electrons. The molecule has 0 unspecified atom stereocenters. The highest BCUT2D eigenvalue weighted by Crippen LogP contribution is 2.40. The largest absolute Gasteiger partial charge is 0.376 e. The zero-order valence-corrected chi connectivity index (χ0v) is 21.3. The minimum atomic E-state index is -4.62. The summed E-state index contributed by atoms with van der Waals surface area (Å²) < 4.78 is 73.2. The number of nitrogens with zero attached hydrogens (tertiary/aromatic N) is 2. The Morgan fingerprint density at radius 3 is 2.32 bits per heavy atom. The molecule has 11 heteroatoms. The molecule has 8 nitrogen and oxygen atoms in total. The first kappa shape index (κ1) is 25.1. The lowest BCUT2D eigenvalue weighted by Crippen LogP contribution is -2.36. The SMILES string of the molecule is CN1C(C(=O)c2ccc3ccccc3c2)=C(OS(=O)(=O)c2ccc(C#N)cc2)c2ccc(F)cc2S1(=O)=O. The number of fused-ring (bicyclic) bond motifs is 2. The van der Waals surface area contributed by atoms with Crippen LogP contribution < -0.4 is 0 Å². The Bertz CT molecular complexity index is 1930. The smallest absolute Gasteiger partial charge is 0.339 e. The summed E-state index contributed by atoms with van der Waals surface area (Å²) in [6, 6.07) is 21.4. The van der Waals surface area contributed by atoms with Gasteiger partial charge < -0.3 is 4.18 Å². The van der Waals surface area contributed by atoms with E-state index in [4.69, 9.17) is 9.44 Å². The molecule has 38 heavy (non-hydrogen) atoms. The van der Waals surface area contributed by atoms with Gasteiger partial charge in [-0.25, -0.2) is 12.8 Å². The van der Waals surface area contributed by atoms with Gasteiger partial charge in [0, 0.05) is 18.2 Å². The number of halogens is 1. The topological polar surface area (TPSA) is 122 Å². The summed E-state index contributed by atoms with van der Waals surface area (Å²) in [4.78, 5) is 12.9. The highest BCUT2D eigenvalue weighted by atomic mass is 32.2. The van der Waals surface area contributed by atoms with Crippen molar-refractivity contribution in [2.24, 2.45) is 0 Å². The average molecular weight is 549 g/mol.